The van der Waals surface area contributed by atoms with Gasteiger partial charge in [-0.05, 0) is 18.8 Å². The van der Waals surface area contributed by atoms with E-state index in [0.717, 1.165) is 19.1 Å². The van der Waals surface area contributed by atoms with E-state index in [1.54, 1.807) is 0 Å². The first-order valence-electron chi connectivity index (χ1n) is 3.47. The van der Waals surface area contributed by atoms with E-state index in [4.69, 9.17) is 4.74 Å². The normalized spacial score (nSPS) is 31.9. The summed E-state index contributed by atoms with van der Waals surface area (Å²) in [7, 11) is 0. The minimum atomic E-state index is 0.803. The highest BCUT2D eigenvalue weighted by molar-refractivity contribution is 4.55. The van der Waals surface area contributed by atoms with E-state index >= 15 is 0 Å². The SMILES string of the molecule is C[C@@H]1CCCCOC1. The molecule has 0 aromatic carbocycles. The number of rotatable bonds is 0. The average molecular weight is 114 g/mol. The van der Waals surface area contributed by atoms with Crippen molar-refractivity contribution in [2.45, 2.75) is 26.2 Å². The predicted octanol–water partition coefficient (Wildman–Crippen LogP) is 1.82. The minimum Gasteiger partial charge on any atom is -0.381 e. The maximum Gasteiger partial charge on any atom is 0.0491 e. The zero-order valence-corrected chi connectivity index (χ0v) is 5.52. The van der Waals surface area contributed by atoms with Crippen LogP contribution in [-0.4, -0.2) is 13.2 Å². The van der Waals surface area contributed by atoms with Gasteiger partial charge in [-0.25, -0.2) is 0 Å². The molecule has 8 heavy (non-hydrogen) atoms. The lowest BCUT2D eigenvalue weighted by Gasteiger charge is -2.03. The zero-order valence-electron chi connectivity index (χ0n) is 5.52. The van der Waals surface area contributed by atoms with Gasteiger partial charge in [-0.1, -0.05) is 13.3 Å². The monoisotopic (exact) mass is 114 g/mol. The van der Waals surface area contributed by atoms with Gasteiger partial charge in [0.15, 0.2) is 0 Å². The number of hydrogen-bond donors (Lipinski definition) is 0. The summed E-state index contributed by atoms with van der Waals surface area (Å²) in [6.45, 7) is 4.23. The van der Waals surface area contributed by atoms with Crippen molar-refractivity contribution in [1.29, 1.82) is 0 Å². The minimum absolute atomic E-state index is 0.803. The van der Waals surface area contributed by atoms with Crippen LogP contribution in [0, 0.1) is 5.92 Å². The largest absolute Gasteiger partial charge is 0.381 e. The Morgan fingerprint density at radius 1 is 1.38 bits per heavy atom. The van der Waals surface area contributed by atoms with Gasteiger partial charge in [0.05, 0.1) is 0 Å². The first-order valence-corrected chi connectivity index (χ1v) is 3.47. The second-order valence-electron chi connectivity index (χ2n) is 2.68. The van der Waals surface area contributed by atoms with Crippen LogP contribution in [-0.2, 0) is 4.74 Å². The van der Waals surface area contributed by atoms with Crippen LogP contribution in [0.2, 0.25) is 0 Å². The molecular formula is C7H14O. The smallest absolute Gasteiger partial charge is 0.0491 e. The average Bonchev–Trinajstić information content (AvgIpc) is 1.94. The molecule has 48 valence electrons. The topological polar surface area (TPSA) is 9.23 Å². The molecule has 1 rings (SSSR count). The van der Waals surface area contributed by atoms with Crippen LogP contribution in [0.15, 0.2) is 0 Å². The van der Waals surface area contributed by atoms with E-state index in [-0.39, 0.29) is 0 Å². The first-order chi connectivity index (χ1) is 3.89. The number of hydrogen-bond acceptors (Lipinski definition) is 1. The van der Waals surface area contributed by atoms with Crippen LogP contribution < -0.4 is 0 Å². The molecule has 1 nitrogen and oxygen atoms in total. The molecule has 0 unspecified atom stereocenters. The molecule has 0 aliphatic carbocycles. The summed E-state index contributed by atoms with van der Waals surface area (Å²) in [5, 5.41) is 0. The Kier molecular flexibility index (Phi) is 2.34. The van der Waals surface area contributed by atoms with Crippen LogP contribution in [0.3, 0.4) is 0 Å². The van der Waals surface area contributed by atoms with Crippen LogP contribution in [0.25, 0.3) is 0 Å². The molecule has 0 aromatic rings. The van der Waals surface area contributed by atoms with Gasteiger partial charge < -0.3 is 4.74 Å². The Morgan fingerprint density at radius 2 is 2.25 bits per heavy atom. The fourth-order valence-electron chi connectivity index (χ4n) is 1.06. The van der Waals surface area contributed by atoms with Crippen molar-refractivity contribution in [2.24, 2.45) is 5.92 Å². The van der Waals surface area contributed by atoms with Gasteiger partial charge in [-0.2, -0.15) is 0 Å². The fourth-order valence-corrected chi connectivity index (χ4v) is 1.06. The molecule has 0 aromatic heterocycles. The molecule has 0 bridgehead atoms. The third kappa shape index (κ3) is 1.83. The molecule has 1 heteroatoms. The van der Waals surface area contributed by atoms with Crippen LogP contribution >= 0.6 is 0 Å². The highest BCUT2D eigenvalue weighted by Gasteiger charge is 2.05. The highest BCUT2D eigenvalue weighted by Crippen LogP contribution is 2.11. The van der Waals surface area contributed by atoms with Crippen molar-refractivity contribution >= 4 is 0 Å². The van der Waals surface area contributed by atoms with E-state index in [0.29, 0.717) is 0 Å². The molecular weight excluding hydrogens is 100 g/mol. The van der Waals surface area contributed by atoms with Gasteiger partial charge >= 0.3 is 0 Å². The fraction of sp³-hybridized carbons (Fsp3) is 1.00. The Hall–Kier alpha value is -0.0400. The molecule has 1 atom stereocenters. The maximum atomic E-state index is 5.31. The van der Waals surface area contributed by atoms with Gasteiger partial charge in [-0.15, -0.1) is 0 Å². The molecule has 1 heterocycles. The van der Waals surface area contributed by atoms with Gasteiger partial charge in [0, 0.05) is 13.2 Å². The molecule has 1 fully saturated rings. The second kappa shape index (κ2) is 3.08. The van der Waals surface area contributed by atoms with Crippen LogP contribution in [0.5, 0.6) is 0 Å². The van der Waals surface area contributed by atoms with Crippen molar-refractivity contribution in [3.63, 3.8) is 0 Å². The second-order valence-corrected chi connectivity index (χ2v) is 2.68. The predicted molar refractivity (Wildman–Crippen MR) is 33.8 cm³/mol. The van der Waals surface area contributed by atoms with Gasteiger partial charge in [0.1, 0.15) is 0 Å². The van der Waals surface area contributed by atoms with Crippen molar-refractivity contribution in [3.8, 4) is 0 Å². The first kappa shape index (κ1) is 6.09. The molecule has 0 N–H and O–H groups in total. The van der Waals surface area contributed by atoms with E-state index in [9.17, 15) is 0 Å². The van der Waals surface area contributed by atoms with E-state index in [2.05, 4.69) is 6.92 Å². The molecule has 1 saturated heterocycles. The summed E-state index contributed by atoms with van der Waals surface area (Å²) in [5.41, 5.74) is 0. The standard InChI is InChI=1S/C7H14O/c1-7-4-2-3-5-8-6-7/h7H,2-6H2,1H3/t7-/m1/s1. The number of ether oxygens (including phenoxy) is 1. The Bertz CT molecular complexity index is 53.4. The quantitative estimate of drug-likeness (QED) is 0.466. The summed E-state index contributed by atoms with van der Waals surface area (Å²) in [5.74, 6) is 0.803. The van der Waals surface area contributed by atoms with E-state index in [1.807, 2.05) is 0 Å². The Morgan fingerprint density at radius 3 is 3.12 bits per heavy atom. The maximum absolute atomic E-state index is 5.31. The van der Waals surface area contributed by atoms with E-state index in [1.165, 1.54) is 19.3 Å². The van der Waals surface area contributed by atoms with Crippen molar-refractivity contribution in [1.82, 2.24) is 0 Å². The van der Waals surface area contributed by atoms with Crippen molar-refractivity contribution in [3.05, 3.63) is 0 Å². The van der Waals surface area contributed by atoms with Crippen molar-refractivity contribution in [2.75, 3.05) is 13.2 Å². The molecule has 0 saturated carbocycles. The van der Waals surface area contributed by atoms with Crippen molar-refractivity contribution < 1.29 is 4.74 Å². The van der Waals surface area contributed by atoms with Gasteiger partial charge in [0.2, 0.25) is 0 Å². The van der Waals surface area contributed by atoms with Gasteiger partial charge in [0.25, 0.3) is 0 Å². The lowest BCUT2D eigenvalue weighted by Crippen LogP contribution is -2.00. The summed E-state index contributed by atoms with van der Waals surface area (Å²) in [6.07, 6.45) is 3.99. The summed E-state index contributed by atoms with van der Waals surface area (Å²) < 4.78 is 5.31. The molecule has 1 aliphatic rings. The summed E-state index contributed by atoms with van der Waals surface area (Å²) in [4.78, 5) is 0. The zero-order chi connectivity index (χ0) is 5.82. The third-order valence-corrected chi connectivity index (χ3v) is 1.64. The molecule has 0 radical (unpaired) electrons. The molecule has 0 spiro atoms. The lowest BCUT2D eigenvalue weighted by atomic mass is 10.1. The van der Waals surface area contributed by atoms with Crippen LogP contribution in [0.4, 0.5) is 0 Å². The third-order valence-electron chi connectivity index (χ3n) is 1.64. The summed E-state index contributed by atoms with van der Waals surface area (Å²) >= 11 is 0. The van der Waals surface area contributed by atoms with E-state index < -0.39 is 0 Å². The van der Waals surface area contributed by atoms with Crippen LogP contribution in [0.1, 0.15) is 26.2 Å². The Balaban J connectivity index is 2.17. The highest BCUT2D eigenvalue weighted by atomic mass is 16.5. The van der Waals surface area contributed by atoms with Gasteiger partial charge in [-0.3, -0.25) is 0 Å². The Labute approximate surface area is 51.0 Å². The summed E-state index contributed by atoms with van der Waals surface area (Å²) in [6, 6.07) is 0. The lowest BCUT2D eigenvalue weighted by molar-refractivity contribution is 0.121. The molecule has 1 aliphatic heterocycles. The molecule has 0 amide bonds.